The number of carbonyl (C=O) groups excluding carboxylic acids is 2. The van der Waals surface area contributed by atoms with Crippen LogP contribution in [0.25, 0.3) is 21.5 Å². The minimum atomic E-state index is -0.511. The average molecular weight is 365 g/mol. The molecule has 0 aromatic heterocycles. The van der Waals surface area contributed by atoms with Crippen molar-refractivity contribution in [3.63, 3.8) is 0 Å². The molecule has 0 saturated heterocycles. The maximum Gasteiger partial charge on any atom is 0.411 e. The van der Waals surface area contributed by atoms with Crippen LogP contribution in [-0.2, 0) is 9.47 Å². The van der Waals surface area contributed by atoms with Gasteiger partial charge in [-0.3, -0.25) is 5.32 Å². The maximum atomic E-state index is 12.7. The third-order valence-corrected chi connectivity index (χ3v) is 4.52. The molecule has 3 aromatic rings. The lowest BCUT2D eigenvalue weighted by atomic mass is 9.94. The number of amides is 1. The predicted octanol–water partition coefficient (Wildman–Crippen LogP) is 5.52. The summed E-state index contributed by atoms with van der Waals surface area (Å²) in [6, 6.07) is 14.9. The monoisotopic (exact) mass is 365 g/mol. The molecule has 27 heavy (non-hydrogen) atoms. The van der Waals surface area contributed by atoms with Crippen molar-refractivity contribution in [2.24, 2.45) is 0 Å². The minimum absolute atomic E-state index is 0.179. The Kier molecular flexibility index (Phi) is 5.60. The normalized spacial score (nSPS) is 12.0. The molecule has 5 heteroatoms. The van der Waals surface area contributed by atoms with Crippen molar-refractivity contribution >= 4 is 39.3 Å². The SMILES string of the molecule is CCOC(=O)c1c2ccccc2c(NC(=O)O[C@H](C)CC)c2ccccc12. The fourth-order valence-corrected chi connectivity index (χ4v) is 3.08. The summed E-state index contributed by atoms with van der Waals surface area (Å²) in [6.45, 7) is 5.88. The van der Waals surface area contributed by atoms with Crippen molar-refractivity contribution in [2.45, 2.75) is 33.3 Å². The van der Waals surface area contributed by atoms with E-state index in [1.54, 1.807) is 6.92 Å². The smallest absolute Gasteiger partial charge is 0.411 e. The van der Waals surface area contributed by atoms with Crippen molar-refractivity contribution in [1.29, 1.82) is 0 Å². The van der Waals surface area contributed by atoms with Gasteiger partial charge in [-0.05, 0) is 31.0 Å². The van der Waals surface area contributed by atoms with Gasteiger partial charge in [-0.15, -0.1) is 0 Å². The Morgan fingerprint density at radius 1 is 0.926 bits per heavy atom. The number of hydrogen-bond acceptors (Lipinski definition) is 4. The zero-order valence-electron chi connectivity index (χ0n) is 15.7. The zero-order chi connectivity index (χ0) is 19.4. The third-order valence-electron chi connectivity index (χ3n) is 4.52. The van der Waals surface area contributed by atoms with Crippen LogP contribution in [0.2, 0.25) is 0 Å². The van der Waals surface area contributed by atoms with Crippen molar-refractivity contribution in [1.82, 2.24) is 0 Å². The van der Waals surface area contributed by atoms with Crippen LogP contribution in [0.15, 0.2) is 48.5 Å². The van der Waals surface area contributed by atoms with Gasteiger partial charge in [0.1, 0.15) is 6.10 Å². The zero-order valence-corrected chi connectivity index (χ0v) is 15.7. The molecular weight excluding hydrogens is 342 g/mol. The Morgan fingerprint density at radius 3 is 1.93 bits per heavy atom. The molecule has 0 saturated carbocycles. The topological polar surface area (TPSA) is 64.6 Å². The highest BCUT2D eigenvalue weighted by molar-refractivity contribution is 6.24. The fourth-order valence-electron chi connectivity index (χ4n) is 3.08. The van der Waals surface area contributed by atoms with Gasteiger partial charge in [-0.1, -0.05) is 55.5 Å². The van der Waals surface area contributed by atoms with E-state index in [9.17, 15) is 9.59 Å². The highest BCUT2D eigenvalue weighted by Gasteiger charge is 2.21. The van der Waals surface area contributed by atoms with Crippen LogP contribution in [-0.4, -0.2) is 24.8 Å². The van der Waals surface area contributed by atoms with E-state index in [2.05, 4.69) is 5.32 Å². The lowest BCUT2D eigenvalue weighted by Crippen LogP contribution is -2.20. The molecular formula is C22H23NO4. The van der Waals surface area contributed by atoms with E-state index in [1.807, 2.05) is 62.4 Å². The van der Waals surface area contributed by atoms with Gasteiger partial charge in [-0.25, -0.2) is 9.59 Å². The van der Waals surface area contributed by atoms with E-state index in [-0.39, 0.29) is 12.1 Å². The van der Waals surface area contributed by atoms with E-state index in [1.165, 1.54) is 0 Å². The minimum Gasteiger partial charge on any atom is -0.462 e. The van der Waals surface area contributed by atoms with E-state index >= 15 is 0 Å². The first kappa shape index (κ1) is 18.7. The average Bonchev–Trinajstić information content (AvgIpc) is 2.67. The van der Waals surface area contributed by atoms with Gasteiger partial charge < -0.3 is 9.47 Å². The summed E-state index contributed by atoms with van der Waals surface area (Å²) in [5.41, 5.74) is 1.13. The summed E-state index contributed by atoms with van der Waals surface area (Å²) in [6.07, 6.45) is 0.0429. The van der Waals surface area contributed by atoms with Crippen LogP contribution in [0.4, 0.5) is 10.5 Å². The summed E-state index contributed by atoms with van der Waals surface area (Å²) in [5.74, 6) is -0.376. The third kappa shape index (κ3) is 3.72. The second-order valence-corrected chi connectivity index (χ2v) is 6.31. The summed E-state index contributed by atoms with van der Waals surface area (Å²) in [5, 5.41) is 5.87. The second-order valence-electron chi connectivity index (χ2n) is 6.31. The number of anilines is 1. The van der Waals surface area contributed by atoms with Crippen LogP contribution in [0.3, 0.4) is 0 Å². The second kappa shape index (κ2) is 8.08. The molecule has 0 fully saturated rings. The molecule has 0 aliphatic carbocycles. The molecule has 0 radical (unpaired) electrons. The Labute approximate surface area is 158 Å². The quantitative estimate of drug-likeness (QED) is 0.478. The number of ether oxygens (including phenoxy) is 2. The van der Waals surface area contributed by atoms with Crippen LogP contribution < -0.4 is 5.32 Å². The van der Waals surface area contributed by atoms with Gasteiger partial charge in [0.05, 0.1) is 17.9 Å². The molecule has 3 aromatic carbocycles. The van der Waals surface area contributed by atoms with E-state index in [4.69, 9.17) is 9.47 Å². The summed E-state index contributed by atoms with van der Waals surface area (Å²) in [7, 11) is 0. The fraction of sp³-hybridized carbons (Fsp3) is 0.273. The number of hydrogen-bond donors (Lipinski definition) is 1. The van der Waals surface area contributed by atoms with Gasteiger partial charge in [0, 0.05) is 10.8 Å². The molecule has 0 spiro atoms. The number of esters is 1. The van der Waals surface area contributed by atoms with Crippen LogP contribution in [0.1, 0.15) is 37.6 Å². The van der Waals surface area contributed by atoms with E-state index in [0.29, 0.717) is 17.9 Å². The first-order chi connectivity index (χ1) is 13.1. The largest absolute Gasteiger partial charge is 0.462 e. The number of carbonyl (C=O) groups is 2. The predicted molar refractivity (Wildman–Crippen MR) is 107 cm³/mol. The van der Waals surface area contributed by atoms with Crippen molar-refractivity contribution in [3.05, 3.63) is 54.1 Å². The Bertz CT molecular complexity index is 939. The molecule has 1 N–H and O–H groups in total. The maximum absolute atomic E-state index is 12.7. The molecule has 1 atom stereocenters. The summed E-state index contributed by atoms with van der Waals surface area (Å²) < 4.78 is 10.7. The van der Waals surface area contributed by atoms with Gasteiger partial charge in [0.25, 0.3) is 0 Å². The number of rotatable bonds is 5. The molecule has 3 rings (SSSR count). The highest BCUT2D eigenvalue weighted by atomic mass is 16.6. The van der Waals surface area contributed by atoms with Gasteiger partial charge in [-0.2, -0.15) is 0 Å². The molecule has 0 aliphatic heterocycles. The van der Waals surface area contributed by atoms with Crippen molar-refractivity contribution < 1.29 is 19.1 Å². The van der Waals surface area contributed by atoms with Crippen LogP contribution in [0, 0.1) is 0 Å². The van der Waals surface area contributed by atoms with Gasteiger partial charge in [0.15, 0.2) is 0 Å². The van der Waals surface area contributed by atoms with Gasteiger partial charge in [0.2, 0.25) is 0 Å². The van der Waals surface area contributed by atoms with Crippen LogP contribution in [0.5, 0.6) is 0 Å². The molecule has 0 aliphatic rings. The summed E-state index contributed by atoms with van der Waals surface area (Å²) >= 11 is 0. The first-order valence-electron chi connectivity index (χ1n) is 9.15. The number of nitrogens with one attached hydrogen (secondary N) is 1. The van der Waals surface area contributed by atoms with E-state index < -0.39 is 6.09 Å². The van der Waals surface area contributed by atoms with Crippen molar-refractivity contribution in [2.75, 3.05) is 11.9 Å². The highest BCUT2D eigenvalue weighted by Crippen LogP contribution is 2.37. The van der Waals surface area contributed by atoms with E-state index in [0.717, 1.165) is 28.0 Å². The Hall–Kier alpha value is -3.08. The molecule has 0 unspecified atom stereocenters. The molecule has 0 bridgehead atoms. The van der Waals surface area contributed by atoms with Crippen LogP contribution >= 0.6 is 0 Å². The first-order valence-corrected chi connectivity index (χ1v) is 9.15. The number of benzene rings is 3. The molecule has 1 amide bonds. The molecule has 0 heterocycles. The lowest BCUT2D eigenvalue weighted by molar-refractivity contribution is 0.0531. The van der Waals surface area contributed by atoms with Gasteiger partial charge >= 0.3 is 12.1 Å². The molecule has 140 valence electrons. The van der Waals surface area contributed by atoms with Crippen molar-refractivity contribution in [3.8, 4) is 0 Å². The molecule has 5 nitrogen and oxygen atoms in total. The lowest BCUT2D eigenvalue weighted by Gasteiger charge is -2.17. The Balaban J connectivity index is 2.23. The standard InChI is InChI=1S/C22H23NO4/c1-4-14(3)27-22(25)23-20-17-12-8-6-10-15(17)19(21(24)26-5-2)16-11-7-9-13-18(16)20/h6-14H,4-5H2,1-3H3,(H,23,25)/t14-/m1/s1. The Morgan fingerprint density at radius 2 is 1.44 bits per heavy atom. The summed E-state index contributed by atoms with van der Waals surface area (Å²) in [4.78, 5) is 25.0. The number of fused-ring (bicyclic) bond motifs is 2.